The lowest BCUT2D eigenvalue weighted by molar-refractivity contribution is -0.155. The van der Waals surface area contributed by atoms with Crippen molar-refractivity contribution in [1.82, 2.24) is 0 Å². The van der Waals surface area contributed by atoms with Gasteiger partial charge in [0.2, 0.25) is 0 Å². The predicted octanol–water partition coefficient (Wildman–Crippen LogP) is 4.16. The standard InChI is InChI=1S/C21H36O5/c1-18(2,3)26-17(22)9-8-15-20(6,24-15)13-11-16-21(7,25-16)12-10-14-19(4,5)23-14/h14-16H,8-13H2,1-7H3/t14-,15+,16-,20+,21-/m1/s1. The fraction of sp³-hybridized carbons (Fsp3) is 0.952. The molecular weight excluding hydrogens is 332 g/mol. The van der Waals surface area contributed by atoms with E-state index >= 15 is 0 Å². The smallest absolute Gasteiger partial charge is 0.306 e. The van der Waals surface area contributed by atoms with Gasteiger partial charge in [0.1, 0.15) is 5.60 Å². The van der Waals surface area contributed by atoms with Gasteiger partial charge in [-0.1, -0.05) is 0 Å². The van der Waals surface area contributed by atoms with Gasteiger partial charge in [0, 0.05) is 6.42 Å². The Morgan fingerprint density at radius 3 is 1.77 bits per heavy atom. The SMILES string of the molecule is CC(C)(C)OC(=O)CC[C@@H]1O[C@@]1(C)CC[C@H]1O[C@]1(C)CC[C@H]1OC1(C)C. The second-order valence-electron chi connectivity index (χ2n) is 10.3. The molecule has 0 aromatic heterocycles. The molecule has 0 aromatic carbocycles. The maximum absolute atomic E-state index is 11.8. The van der Waals surface area contributed by atoms with E-state index in [1.807, 2.05) is 20.8 Å². The number of hydrogen-bond acceptors (Lipinski definition) is 5. The summed E-state index contributed by atoms with van der Waals surface area (Å²) in [7, 11) is 0. The van der Waals surface area contributed by atoms with Crippen molar-refractivity contribution in [3.63, 3.8) is 0 Å². The normalized spacial score (nSPS) is 40.2. The molecule has 0 radical (unpaired) electrons. The Bertz CT molecular complexity index is 551. The summed E-state index contributed by atoms with van der Waals surface area (Å²) in [5.74, 6) is -0.140. The van der Waals surface area contributed by atoms with Crippen molar-refractivity contribution < 1.29 is 23.7 Å². The third-order valence-corrected chi connectivity index (χ3v) is 6.07. The lowest BCUT2D eigenvalue weighted by Gasteiger charge is -2.19. The van der Waals surface area contributed by atoms with E-state index in [1.54, 1.807) is 0 Å². The van der Waals surface area contributed by atoms with E-state index in [0.29, 0.717) is 18.6 Å². The molecule has 0 bridgehead atoms. The second-order valence-corrected chi connectivity index (χ2v) is 10.3. The first-order valence-corrected chi connectivity index (χ1v) is 10.1. The number of epoxide rings is 3. The highest BCUT2D eigenvalue weighted by Gasteiger charge is 2.57. The zero-order valence-corrected chi connectivity index (χ0v) is 17.5. The molecule has 0 saturated carbocycles. The van der Waals surface area contributed by atoms with E-state index < -0.39 is 5.60 Å². The maximum Gasteiger partial charge on any atom is 0.306 e. The van der Waals surface area contributed by atoms with Gasteiger partial charge in [-0.2, -0.15) is 0 Å². The molecule has 0 N–H and O–H groups in total. The fourth-order valence-electron chi connectivity index (χ4n) is 3.97. The molecule has 150 valence electrons. The number of esters is 1. The second kappa shape index (κ2) is 6.46. The first kappa shape index (κ1) is 20.1. The van der Waals surface area contributed by atoms with Crippen LogP contribution >= 0.6 is 0 Å². The van der Waals surface area contributed by atoms with Crippen molar-refractivity contribution >= 4 is 5.97 Å². The number of hydrogen-bond donors (Lipinski definition) is 0. The summed E-state index contributed by atoms with van der Waals surface area (Å²) >= 11 is 0. The fourth-order valence-corrected chi connectivity index (χ4v) is 3.97. The Labute approximate surface area is 158 Å². The quantitative estimate of drug-likeness (QED) is 0.452. The molecule has 3 fully saturated rings. The van der Waals surface area contributed by atoms with Crippen molar-refractivity contribution in [3.05, 3.63) is 0 Å². The Morgan fingerprint density at radius 2 is 1.31 bits per heavy atom. The van der Waals surface area contributed by atoms with E-state index in [2.05, 4.69) is 27.7 Å². The van der Waals surface area contributed by atoms with Gasteiger partial charge in [-0.15, -0.1) is 0 Å². The van der Waals surface area contributed by atoms with E-state index in [0.717, 1.165) is 32.1 Å². The van der Waals surface area contributed by atoms with Gasteiger partial charge in [-0.05, 0) is 80.6 Å². The molecule has 5 atom stereocenters. The van der Waals surface area contributed by atoms with Crippen molar-refractivity contribution in [3.8, 4) is 0 Å². The molecule has 3 aliphatic heterocycles. The van der Waals surface area contributed by atoms with Crippen LogP contribution in [0.5, 0.6) is 0 Å². The highest BCUT2D eigenvalue weighted by atomic mass is 16.6. The monoisotopic (exact) mass is 368 g/mol. The van der Waals surface area contributed by atoms with Crippen LogP contribution in [0.3, 0.4) is 0 Å². The van der Waals surface area contributed by atoms with Crippen LogP contribution in [0.2, 0.25) is 0 Å². The van der Waals surface area contributed by atoms with Crippen molar-refractivity contribution in [2.45, 2.75) is 128 Å². The molecule has 3 heterocycles. The van der Waals surface area contributed by atoms with Crippen LogP contribution in [0, 0.1) is 0 Å². The average molecular weight is 369 g/mol. The zero-order valence-electron chi connectivity index (χ0n) is 17.5. The van der Waals surface area contributed by atoms with E-state index in [9.17, 15) is 4.79 Å². The third-order valence-electron chi connectivity index (χ3n) is 6.07. The van der Waals surface area contributed by atoms with Crippen LogP contribution < -0.4 is 0 Å². The molecule has 3 saturated heterocycles. The molecule has 0 unspecified atom stereocenters. The van der Waals surface area contributed by atoms with Crippen LogP contribution in [0.25, 0.3) is 0 Å². The summed E-state index contributed by atoms with van der Waals surface area (Å²) in [6, 6.07) is 0. The Kier molecular flexibility index (Phi) is 4.99. The molecule has 3 rings (SSSR count). The molecular formula is C21H36O5. The highest BCUT2D eigenvalue weighted by molar-refractivity contribution is 5.69. The van der Waals surface area contributed by atoms with Crippen LogP contribution in [-0.4, -0.2) is 46.7 Å². The van der Waals surface area contributed by atoms with Crippen LogP contribution in [0.1, 0.15) is 87.0 Å². The molecule has 0 aliphatic carbocycles. The largest absolute Gasteiger partial charge is 0.460 e. The van der Waals surface area contributed by atoms with Gasteiger partial charge in [0.05, 0.1) is 35.1 Å². The highest BCUT2D eigenvalue weighted by Crippen LogP contribution is 2.50. The molecule has 26 heavy (non-hydrogen) atoms. The predicted molar refractivity (Wildman–Crippen MR) is 99.1 cm³/mol. The summed E-state index contributed by atoms with van der Waals surface area (Å²) in [6.07, 6.45) is 6.19. The molecule has 0 aromatic rings. The van der Waals surface area contributed by atoms with Gasteiger partial charge in [0.25, 0.3) is 0 Å². The minimum atomic E-state index is -0.417. The molecule has 3 aliphatic rings. The Balaban J connectivity index is 1.30. The molecule has 5 heteroatoms. The van der Waals surface area contributed by atoms with Gasteiger partial charge in [-0.25, -0.2) is 0 Å². The zero-order chi connectivity index (χ0) is 19.4. The van der Waals surface area contributed by atoms with Crippen LogP contribution in [0.15, 0.2) is 0 Å². The summed E-state index contributed by atoms with van der Waals surface area (Å²) in [6.45, 7) is 14.3. The van der Waals surface area contributed by atoms with Gasteiger partial charge < -0.3 is 18.9 Å². The van der Waals surface area contributed by atoms with E-state index in [4.69, 9.17) is 18.9 Å². The van der Waals surface area contributed by atoms with Crippen LogP contribution in [0.4, 0.5) is 0 Å². The minimum absolute atomic E-state index is 0.0132. The van der Waals surface area contributed by atoms with E-state index in [1.165, 1.54) is 0 Å². The van der Waals surface area contributed by atoms with Crippen molar-refractivity contribution in [2.24, 2.45) is 0 Å². The third kappa shape index (κ3) is 4.99. The number of rotatable bonds is 9. The lowest BCUT2D eigenvalue weighted by Crippen LogP contribution is -2.24. The minimum Gasteiger partial charge on any atom is -0.460 e. The van der Waals surface area contributed by atoms with Gasteiger partial charge >= 0.3 is 5.97 Å². The Hall–Kier alpha value is -0.650. The van der Waals surface area contributed by atoms with Gasteiger partial charge in [-0.3, -0.25) is 4.79 Å². The first-order chi connectivity index (χ1) is 11.8. The Morgan fingerprint density at radius 1 is 0.846 bits per heavy atom. The summed E-state index contributed by atoms with van der Waals surface area (Å²) in [4.78, 5) is 11.8. The van der Waals surface area contributed by atoms with Gasteiger partial charge in [0.15, 0.2) is 0 Å². The number of carbonyl (C=O) groups excluding carboxylic acids is 1. The molecule has 0 spiro atoms. The number of carbonyl (C=O) groups is 1. The molecule has 0 amide bonds. The average Bonchev–Trinajstić information content (AvgIpc) is 3.40. The van der Waals surface area contributed by atoms with E-state index in [-0.39, 0.29) is 28.9 Å². The van der Waals surface area contributed by atoms with Crippen molar-refractivity contribution in [1.29, 1.82) is 0 Å². The summed E-state index contributed by atoms with van der Waals surface area (Å²) in [5, 5.41) is 0. The number of ether oxygens (including phenoxy) is 4. The molecule has 5 nitrogen and oxygen atoms in total. The van der Waals surface area contributed by atoms with Crippen LogP contribution in [-0.2, 0) is 23.7 Å². The summed E-state index contributed by atoms with van der Waals surface area (Å²) in [5.41, 5.74) is -0.438. The lowest BCUT2D eigenvalue weighted by atomic mass is 9.91. The maximum atomic E-state index is 11.8. The topological polar surface area (TPSA) is 63.9 Å². The summed E-state index contributed by atoms with van der Waals surface area (Å²) < 4.78 is 22.9. The van der Waals surface area contributed by atoms with Crippen molar-refractivity contribution in [2.75, 3.05) is 0 Å². The first-order valence-electron chi connectivity index (χ1n) is 10.1.